The molecule has 0 bridgehead atoms. The first-order valence-electron chi connectivity index (χ1n) is 4.33. The zero-order valence-electron chi connectivity index (χ0n) is 8.72. The number of hydrogen-bond donors (Lipinski definition) is 1. The molecule has 0 aliphatic carbocycles. The van der Waals surface area contributed by atoms with E-state index in [-0.39, 0.29) is 0 Å². The smallest absolute Gasteiger partial charge is 0.0267 e. The summed E-state index contributed by atoms with van der Waals surface area (Å²) in [6.07, 6.45) is 7.00. The third-order valence-electron chi connectivity index (χ3n) is 1.13. The molecule has 0 fully saturated rings. The van der Waals surface area contributed by atoms with Crippen molar-refractivity contribution in [3.8, 4) is 0 Å². The fraction of sp³-hybridized carbons (Fsp3) is 0. The zero-order chi connectivity index (χ0) is 13.0. The van der Waals surface area contributed by atoms with Crippen LogP contribution in [0.2, 0.25) is 0 Å². The van der Waals surface area contributed by atoms with Gasteiger partial charge in [-0.15, -0.1) is 0 Å². The van der Waals surface area contributed by atoms with Gasteiger partial charge >= 0.3 is 30.0 Å². The van der Waals surface area contributed by atoms with Crippen molar-refractivity contribution in [3.63, 3.8) is 0 Å². The Morgan fingerprint density at radius 2 is 0.882 bits per heavy atom. The van der Waals surface area contributed by atoms with Crippen LogP contribution in [0.5, 0.6) is 0 Å². The van der Waals surface area contributed by atoms with Crippen molar-refractivity contribution in [3.05, 3.63) is 61.2 Å². The second kappa shape index (κ2) is 9.54. The summed E-state index contributed by atoms with van der Waals surface area (Å²) in [6, 6.07) is 11.4. The van der Waals surface area contributed by atoms with E-state index in [0.29, 0.717) is 0 Å². The van der Waals surface area contributed by atoms with Gasteiger partial charge in [-0.2, -0.15) is 0 Å². The van der Waals surface area contributed by atoms with Crippen LogP contribution in [0, 0.1) is 0 Å². The molecule has 0 aliphatic heterocycles. The molecule has 2 rings (SSSR count). The minimum Gasteiger partial charge on any atom is -0.265 e. The Bertz CT molecular complexity index is 425. The van der Waals surface area contributed by atoms with E-state index in [1.165, 1.54) is 0 Å². The Morgan fingerprint density at radius 3 is 0.941 bits per heavy atom. The molecule has 0 radical (unpaired) electrons. The van der Waals surface area contributed by atoms with Crippen molar-refractivity contribution in [2.45, 2.75) is 0 Å². The van der Waals surface area contributed by atoms with E-state index in [1.807, 2.05) is 36.4 Å². The summed E-state index contributed by atoms with van der Waals surface area (Å²) in [4.78, 5) is 7.57. The number of nitrogens with zero attached hydrogens (tertiary/aromatic N) is 2. The van der Waals surface area contributed by atoms with Crippen molar-refractivity contribution in [2.24, 2.45) is 0 Å². The van der Waals surface area contributed by atoms with Gasteiger partial charge in [-0.3, -0.25) is 9.97 Å². The van der Waals surface area contributed by atoms with Crippen LogP contribution in [-0.4, -0.2) is 13.8 Å². The SMILES string of the molecule is [O]=[Re](=[O])(=[O])[OH].c1ccncc1.c1ccncc1. The van der Waals surface area contributed by atoms with Crippen LogP contribution in [0.25, 0.3) is 0 Å². The molecule has 2 aromatic rings. The third-order valence-corrected chi connectivity index (χ3v) is 1.13. The second-order valence-electron chi connectivity index (χ2n) is 2.45. The summed E-state index contributed by atoms with van der Waals surface area (Å²) in [7, 11) is 0. The second-order valence-corrected chi connectivity index (χ2v) is 5.29. The van der Waals surface area contributed by atoms with Crippen LogP contribution < -0.4 is 0 Å². The van der Waals surface area contributed by atoms with Crippen LogP contribution in [0.3, 0.4) is 0 Å². The summed E-state index contributed by atoms with van der Waals surface area (Å²) < 4.78 is 33.3. The molecular formula is C10H11N2O4Re. The van der Waals surface area contributed by atoms with Gasteiger partial charge in [0.15, 0.2) is 0 Å². The first-order valence-corrected chi connectivity index (χ1v) is 8.87. The Kier molecular flexibility index (Phi) is 8.60. The van der Waals surface area contributed by atoms with Gasteiger partial charge in [0.2, 0.25) is 0 Å². The fourth-order valence-electron chi connectivity index (χ4n) is 0.625. The van der Waals surface area contributed by atoms with Gasteiger partial charge in [0.05, 0.1) is 0 Å². The molecule has 0 amide bonds. The molecular weight excluding hydrogens is 398 g/mol. The van der Waals surface area contributed by atoms with E-state index in [9.17, 15) is 0 Å². The van der Waals surface area contributed by atoms with Gasteiger partial charge in [-0.25, -0.2) is 0 Å². The van der Waals surface area contributed by atoms with E-state index in [4.69, 9.17) is 14.2 Å². The number of hydrogen-bond acceptors (Lipinski definition) is 5. The topological polar surface area (TPSA) is 97.2 Å². The maximum absolute atomic E-state index is 8.75. The molecule has 0 saturated heterocycles. The van der Waals surface area contributed by atoms with Gasteiger partial charge in [0.1, 0.15) is 0 Å². The molecule has 6 nitrogen and oxygen atoms in total. The number of pyridine rings is 2. The predicted molar refractivity (Wildman–Crippen MR) is 52.8 cm³/mol. The largest absolute Gasteiger partial charge is 0.265 e. The standard InChI is InChI=1S/2C5H5N.H2O.3O.Re/c2*1-2-4-6-5-3-1;;;;;/h2*1-5H;1H2;;;;/q;;;;;;+1/p-1. The zero-order valence-corrected chi connectivity index (χ0v) is 11.4. The van der Waals surface area contributed by atoms with Crippen molar-refractivity contribution in [2.75, 3.05) is 0 Å². The molecule has 2 aromatic heterocycles. The van der Waals surface area contributed by atoms with Crippen LogP contribution in [-0.2, 0) is 26.2 Å². The summed E-state index contributed by atoms with van der Waals surface area (Å²) >= 11 is -5.86. The normalized spacial score (nSPS) is 9.00. The summed E-state index contributed by atoms with van der Waals surface area (Å²) in [5.74, 6) is 0. The quantitative estimate of drug-likeness (QED) is 0.703. The Balaban J connectivity index is 0.000000228. The third kappa shape index (κ3) is 20.4. The van der Waals surface area contributed by atoms with Gasteiger partial charge in [-0.1, -0.05) is 12.1 Å². The maximum Gasteiger partial charge on any atom is 0.0267 e. The van der Waals surface area contributed by atoms with Gasteiger partial charge in [-0.05, 0) is 24.3 Å². The van der Waals surface area contributed by atoms with Crippen molar-refractivity contribution in [1.29, 1.82) is 0 Å². The minimum absolute atomic E-state index is 1.75. The number of rotatable bonds is 0. The van der Waals surface area contributed by atoms with E-state index in [0.717, 1.165) is 0 Å². The van der Waals surface area contributed by atoms with E-state index in [1.54, 1.807) is 24.8 Å². The summed E-state index contributed by atoms with van der Waals surface area (Å²) in [6.45, 7) is 0. The van der Waals surface area contributed by atoms with Crippen molar-refractivity contribution < 1.29 is 30.0 Å². The Morgan fingerprint density at radius 1 is 0.647 bits per heavy atom. The number of aromatic nitrogens is 2. The van der Waals surface area contributed by atoms with Gasteiger partial charge < -0.3 is 0 Å². The maximum atomic E-state index is 8.75. The molecule has 7 heteroatoms. The molecule has 0 spiro atoms. The molecule has 0 unspecified atom stereocenters. The van der Waals surface area contributed by atoms with Crippen molar-refractivity contribution >= 4 is 0 Å². The summed E-state index contributed by atoms with van der Waals surface area (Å²) in [5, 5.41) is 0. The average molecular weight is 409 g/mol. The first-order chi connectivity index (χ1) is 8.00. The fourth-order valence-corrected chi connectivity index (χ4v) is 0.625. The van der Waals surface area contributed by atoms with E-state index < -0.39 is 15.8 Å². The van der Waals surface area contributed by atoms with Crippen LogP contribution in [0.15, 0.2) is 61.2 Å². The summed E-state index contributed by atoms with van der Waals surface area (Å²) in [5.41, 5.74) is 0. The minimum atomic E-state index is -5.86. The van der Waals surface area contributed by atoms with Crippen molar-refractivity contribution in [1.82, 2.24) is 9.97 Å². The predicted octanol–water partition coefficient (Wildman–Crippen LogP) is 1.25. The molecule has 0 aromatic carbocycles. The Labute approximate surface area is 101 Å². The molecule has 0 atom stereocenters. The van der Waals surface area contributed by atoms with Gasteiger partial charge in [0, 0.05) is 24.8 Å². The monoisotopic (exact) mass is 410 g/mol. The van der Waals surface area contributed by atoms with Crippen LogP contribution in [0.4, 0.5) is 0 Å². The molecule has 17 heavy (non-hydrogen) atoms. The Hall–Kier alpha value is -1.68. The molecule has 1 N–H and O–H groups in total. The molecule has 2 heterocycles. The van der Waals surface area contributed by atoms with Gasteiger partial charge in [0.25, 0.3) is 0 Å². The molecule has 92 valence electrons. The molecule has 0 aliphatic rings. The van der Waals surface area contributed by atoms with Crippen LogP contribution >= 0.6 is 0 Å². The average Bonchev–Trinajstić information content (AvgIpc) is 2.32. The van der Waals surface area contributed by atoms with Crippen LogP contribution in [0.1, 0.15) is 0 Å². The first kappa shape index (κ1) is 15.3. The molecule has 0 saturated carbocycles. The van der Waals surface area contributed by atoms with E-state index in [2.05, 4.69) is 9.97 Å². The van der Waals surface area contributed by atoms with E-state index >= 15 is 0 Å².